The number of aliphatic hydroxyl groups is 3. The summed E-state index contributed by atoms with van der Waals surface area (Å²) in [4.78, 5) is 50.5. The summed E-state index contributed by atoms with van der Waals surface area (Å²) < 4.78 is 29.3. The number of hydrogen-bond donors (Lipinski definition) is 4. The van der Waals surface area contributed by atoms with Crippen LogP contribution in [-0.2, 0) is 33.3 Å². The molecule has 1 fully saturated rings. The molecule has 0 saturated carbocycles. The average molecular weight is 614 g/mol. The van der Waals surface area contributed by atoms with Crippen molar-refractivity contribution < 1.29 is 57.8 Å². The van der Waals surface area contributed by atoms with E-state index in [2.05, 4.69) is 10.1 Å². The van der Waals surface area contributed by atoms with Crippen molar-refractivity contribution in [1.29, 1.82) is 0 Å². The summed E-state index contributed by atoms with van der Waals surface area (Å²) in [7, 11) is 3.41. The molecule has 0 aromatic carbocycles. The van der Waals surface area contributed by atoms with Crippen LogP contribution in [-0.4, -0.2) is 115 Å². The van der Waals surface area contributed by atoms with Crippen LogP contribution in [0.15, 0.2) is 12.3 Å². The number of ether oxygens (including phenoxy) is 4. The maximum Gasteiger partial charge on any atom is 0.408 e. The highest BCUT2D eigenvalue weighted by Crippen LogP contribution is 2.27. The van der Waals surface area contributed by atoms with Gasteiger partial charge in [-0.05, 0) is 33.1 Å². The van der Waals surface area contributed by atoms with Crippen LogP contribution in [0.1, 0.15) is 61.8 Å². The summed E-state index contributed by atoms with van der Waals surface area (Å²) in [5.74, 6) is -1.69. The molecule has 1 saturated heterocycles. The molecule has 1 aliphatic heterocycles. The molecule has 4 N–H and O–H groups in total. The first-order chi connectivity index (χ1) is 19.6. The van der Waals surface area contributed by atoms with Crippen molar-refractivity contribution in [2.24, 2.45) is 11.8 Å². The summed E-state index contributed by atoms with van der Waals surface area (Å²) in [5.41, 5.74) is -0.740. The number of alkyl carbamates (subject to hydrolysis) is 1. The van der Waals surface area contributed by atoms with Crippen LogP contribution >= 0.6 is 0 Å². The van der Waals surface area contributed by atoms with Gasteiger partial charge in [-0.15, -0.1) is 0 Å². The summed E-state index contributed by atoms with van der Waals surface area (Å²) in [6.07, 6.45) is 2.20. The number of amides is 3. The van der Waals surface area contributed by atoms with Crippen LogP contribution < -0.4 is 5.32 Å². The number of imide groups is 1. The number of carbonyl (C=O) groups excluding carboxylic acids is 4. The number of alkyl halides is 1. The van der Waals surface area contributed by atoms with Crippen LogP contribution in [0.2, 0.25) is 0 Å². The second kappa shape index (κ2) is 23.7. The van der Waals surface area contributed by atoms with Crippen molar-refractivity contribution in [1.82, 2.24) is 15.1 Å². The van der Waals surface area contributed by atoms with Crippen molar-refractivity contribution in [2.45, 2.75) is 92.3 Å². The normalized spacial score (nSPS) is 18.4. The molecule has 1 aliphatic rings. The van der Waals surface area contributed by atoms with Gasteiger partial charge in [0.05, 0.1) is 19.9 Å². The highest BCUT2D eigenvalue weighted by molar-refractivity contribution is 5.94. The number of esters is 1. The number of methoxy groups -OCH3 is 1. The minimum atomic E-state index is -1.62. The maximum atomic E-state index is 12.5. The quantitative estimate of drug-likeness (QED) is 0.115. The zero-order chi connectivity index (χ0) is 33.6. The molecule has 0 bridgehead atoms. The van der Waals surface area contributed by atoms with E-state index in [4.69, 9.17) is 24.4 Å². The number of nitrogens with zero attached hydrogens (tertiary/aromatic N) is 2. The van der Waals surface area contributed by atoms with Crippen molar-refractivity contribution in [3.05, 3.63) is 12.3 Å². The Bertz CT molecular complexity index is 792. The van der Waals surface area contributed by atoms with E-state index in [1.54, 1.807) is 46.6 Å². The number of hydrogen-bond acceptors (Lipinski definition) is 12. The predicted molar refractivity (Wildman–Crippen MR) is 152 cm³/mol. The lowest BCUT2D eigenvalue weighted by molar-refractivity contribution is -0.218. The lowest BCUT2D eigenvalue weighted by Gasteiger charge is -2.26. The second-order valence-electron chi connectivity index (χ2n) is 9.96. The van der Waals surface area contributed by atoms with Gasteiger partial charge in [-0.2, -0.15) is 0 Å². The molecule has 248 valence electrons. The number of halogens is 1. The van der Waals surface area contributed by atoms with E-state index in [0.29, 0.717) is 18.5 Å². The number of carbonyl (C=O) groups is 4. The number of aliphatic hydroxyl groups excluding tert-OH is 2. The number of nitrogens with one attached hydrogen (secondary N) is 1. The molecule has 0 radical (unpaired) electrons. The molecule has 14 nitrogen and oxygen atoms in total. The van der Waals surface area contributed by atoms with E-state index < -0.39 is 42.8 Å². The van der Waals surface area contributed by atoms with E-state index in [1.807, 2.05) is 20.8 Å². The monoisotopic (exact) mass is 613 g/mol. The van der Waals surface area contributed by atoms with Gasteiger partial charge >= 0.3 is 12.1 Å². The fourth-order valence-electron chi connectivity index (χ4n) is 3.20. The molecule has 1 rings (SSSR count). The van der Waals surface area contributed by atoms with Gasteiger partial charge in [-0.1, -0.05) is 34.6 Å². The second-order valence-corrected chi connectivity index (χ2v) is 9.96. The first kappa shape index (κ1) is 43.6. The van der Waals surface area contributed by atoms with Crippen molar-refractivity contribution in [3.8, 4) is 0 Å². The SMILES string of the molecule is CC.CC(C)C(NC(=O)OC(C)(C)C)C(=O)OCN(C=O)C(=O)/C=C\N(C)C1OC(CO)CC1C.CF.COC(O)O. The molecule has 3 amide bonds. The molecule has 0 aromatic heterocycles. The molecular weight excluding hydrogens is 561 g/mol. The molecule has 0 aliphatic carbocycles. The van der Waals surface area contributed by atoms with Gasteiger partial charge < -0.3 is 44.5 Å². The average Bonchev–Trinajstić information content (AvgIpc) is 3.32. The van der Waals surface area contributed by atoms with Crippen LogP contribution in [0.3, 0.4) is 0 Å². The van der Waals surface area contributed by atoms with Gasteiger partial charge in [0.15, 0.2) is 6.73 Å². The van der Waals surface area contributed by atoms with E-state index in [1.165, 1.54) is 13.3 Å². The Kier molecular flexibility index (Phi) is 24.6. The highest BCUT2D eigenvalue weighted by Gasteiger charge is 2.33. The summed E-state index contributed by atoms with van der Waals surface area (Å²) in [5, 5.41) is 27.1. The molecule has 4 atom stereocenters. The van der Waals surface area contributed by atoms with E-state index in [0.717, 1.165) is 6.08 Å². The van der Waals surface area contributed by atoms with Gasteiger partial charge in [0.1, 0.15) is 17.9 Å². The Morgan fingerprint density at radius 3 is 2.07 bits per heavy atom. The number of rotatable bonds is 11. The molecule has 15 heteroatoms. The molecular formula is C27H52FN3O11. The zero-order valence-electron chi connectivity index (χ0n) is 26.7. The largest absolute Gasteiger partial charge is 0.444 e. The van der Waals surface area contributed by atoms with Gasteiger partial charge in [0.2, 0.25) is 6.41 Å². The van der Waals surface area contributed by atoms with Gasteiger partial charge in [0, 0.05) is 32.4 Å². The Morgan fingerprint density at radius 1 is 1.17 bits per heavy atom. The van der Waals surface area contributed by atoms with Crippen LogP contribution in [0.4, 0.5) is 9.18 Å². The van der Waals surface area contributed by atoms with Crippen molar-refractivity contribution >= 4 is 24.4 Å². The Labute approximate surface area is 248 Å². The van der Waals surface area contributed by atoms with E-state index in [-0.39, 0.29) is 37.2 Å². The molecule has 0 aromatic rings. The van der Waals surface area contributed by atoms with E-state index in [9.17, 15) is 28.7 Å². The van der Waals surface area contributed by atoms with Crippen molar-refractivity contribution in [3.63, 3.8) is 0 Å². The minimum absolute atomic E-state index is 0.0816. The smallest absolute Gasteiger partial charge is 0.408 e. The van der Waals surface area contributed by atoms with E-state index >= 15 is 0 Å². The zero-order valence-corrected chi connectivity index (χ0v) is 26.7. The summed E-state index contributed by atoms with van der Waals surface area (Å²) in [6, 6.07) is -1.02. The first-order valence-corrected chi connectivity index (χ1v) is 13.4. The van der Waals surface area contributed by atoms with Gasteiger partial charge in [-0.25, -0.2) is 14.5 Å². The summed E-state index contributed by atoms with van der Waals surface area (Å²) >= 11 is 0. The van der Waals surface area contributed by atoms with Crippen LogP contribution in [0.25, 0.3) is 0 Å². The topological polar surface area (TPSA) is 184 Å². The fraction of sp³-hybridized carbons (Fsp3) is 0.778. The Balaban J connectivity index is -0.00000149. The third-order valence-corrected chi connectivity index (χ3v) is 5.07. The minimum Gasteiger partial charge on any atom is -0.444 e. The molecule has 1 heterocycles. The Hall–Kier alpha value is -2.85. The van der Waals surface area contributed by atoms with Gasteiger partial charge in [0.25, 0.3) is 12.4 Å². The standard InChI is InChI=1S/C22H37N3O8.C2H6O3.C2H6.CH3F/c1-14(2)18(23-21(30)33-22(4,5)6)20(29)31-13-25(12-27)17(28)8-9-24(7)19-15(3)10-16(11-26)32-19;1-5-2(3)4;2*1-2/h8-9,12,14-16,18-19,26H,10-11,13H2,1-7H3,(H,23,30);2-4H,1H3;1-2H3;1H3/b9-8-;;;. The highest BCUT2D eigenvalue weighted by atomic mass is 19.1. The fourth-order valence-corrected chi connectivity index (χ4v) is 3.20. The summed E-state index contributed by atoms with van der Waals surface area (Å²) in [6.45, 7) is 12.2. The molecule has 4 unspecified atom stereocenters. The van der Waals surface area contributed by atoms with Gasteiger partial charge in [-0.3, -0.25) is 14.0 Å². The van der Waals surface area contributed by atoms with Crippen LogP contribution in [0.5, 0.6) is 0 Å². The lowest BCUT2D eigenvalue weighted by atomic mass is 10.1. The lowest BCUT2D eigenvalue weighted by Crippen LogP contribution is -2.48. The first-order valence-electron chi connectivity index (χ1n) is 13.4. The maximum absolute atomic E-state index is 12.5. The molecule has 42 heavy (non-hydrogen) atoms. The third-order valence-electron chi connectivity index (χ3n) is 5.07. The molecule has 0 spiro atoms. The third kappa shape index (κ3) is 19.3. The van der Waals surface area contributed by atoms with Crippen molar-refractivity contribution in [2.75, 3.05) is 34.7 Å². The van der Waals surface area contributed by atoms with Crippen LogP contribution in [0, 0.1) is 11.8 Å². The Morgan fingerprint density at radius 2 is 1.69 bits per heavy atom. The predicted octanol–water partition coefficient (Wildman–Crippen LogP) is 1.72.